The predicted molar refractivity (Wildman–Crippen MR) is 78.5 cm³/mol. The molecule has 0 aliphatic rings. The number of thiocarbonyl (C=S) groups is 1. The lowest BCUT2D eigenvalue weighted by molar-refractivity contribution is -0.123. The molecule has 2 atom stereocenters. The molecule has 0 radical (unpaired) electrons. The summed E-state index contributed by atoms with van der Waals surface area (Å²) in [7, 11) is 0. The van der Waals surface area contributed by atoms with Gasteiger partial charge in [0.25, 0.3) is 0 Å². The molecule has 2 unspecified atom stereocenters. The summed E-state index contributed by atoms with van der Waals surface area (Å²) in [6.45, 7) is 5.68. The van der Waals surface area contributed by atoms with E-state index >= 15 is 0 Å². The molecule has 98 valence electrons. The van der Waals surface area contributed by atoms with Crippen LogP contribution in [0.4, 0.5) is 0 Å². The van der Waals surface area contributed by atoms with Gasteiger partial charge in [0.2, 0.25) is 5.91 Å². The average Bonchev–Trinajstić information content (AvgIpc) is 2.38. The highest BCUT2D eigenvalue weighted by Gasteiger charge is 2.29. The predicted octanol–water partition coefficient (Wildman–Crippen LogP) is 2.36. The molecule has 1 rings (SSSR count). The molecule has 1 amide bonds. The molecule has 3 N–H and O–H groups in total. The van der Waals surface area contributed by atoms with Crippen molar-refractivity contribution >= 4 is 23.1 Å². The maximum Gasteiger partial charge on any atom is 0.228 e. The zero-order chi connectivity index (χ0) is 13.8. The molecule has 0 aliphatic carbocycles. The van der Waals surface area contributed by atoms with E-state index in [1.807, 2.05) is 51.1 Å². The van der Waals surface area contributed by atoms with Crippen LogP contribution in [-0.4, -0.2) is 16.4 Å². The van der Waals surface area contributed by atoms with E-state index in [0.29, 0.717) is 11.4 Å². The summed E-state index contributed by atoms with van der Waals surface area (Å²) in [5, 5.41) is 2.94. The molecule has 0 saturated heterocycles. The number of benzene rings is 1. The van der Waals surface area contributed by atoms with Crippen molar-refractivity contribution in [3.63, 3.8) is 0 Å². The minimum atomic E-state index is -0.616. The summed E-state index contributed by atoms with van der Waals surface area (Å²) in [4.78, 5) is 12.5. The van der Waals surface area contributed by atoms with Crippen LogP contribution in [0, 0.1) is 0 Å². The highest BCUT2D eigenvalue weighted by Crippen LogP contribution is 2.17. The molecular weight excluding hydrogens is 244 g/mol. The maximum atomic E-state index is 12.2. The molecular formula is C14H20N2OS. The van der Waals surface area contributed by atoms with E-state index in [4.69, 9.17) is 18.0 Å². The highest BCUT2D eigenvalue weighted by molar-refractivity contribution is 7.80. The quantitative estimate of drug-likeness (QED) is 0.803. The summed E-state index contributed by atoms with van der Waals surface area (Å²) in [6, 6.07) is 9.65. The van der Waals surface area contributed by atoms with E-state index in [1.165, 1.54) is 0 Å². The first-order valence-electron chi connectivity index (χ1n) is 6.07. The number of hydrogen-bond donors (Lipinski definition) is 2. The molecule has 3 nitrogen and oxygen atoms in total. The van der Waals surface area contributed by atoms with Crippen LogP contribution < -0.4 is 11.1 Å². The Labute approximate surface area is 114 Å². The number of hydrogen-bond acceptors (Lipinski definition) is 2. The van der Waals surface area contributed by atoms with Crippen LogP contribution in [0.3, 0.4) is 0 Å². The summed E-state index contributed by atoms with van der Waals surface area (Å²) < 4.78 is 0. The van der Waals surface area contributed by atoms with E-state index in [9.17, 15) is 4.79 Å². The Balaban J connectivity index is 2.80. The first-order valence-corrected chi connectivity index (χ1v) is 6.48. The Morgan fingerprint density at radius 1 is 1.44 bits per heavy atom. The maximum absolute atomic E-state index is 12.2. The second-order valence-electron chi connectivity index (χ2n) is 4.67. The zero-order valence-corrected chi connectivity index (χ0v) is 11.9. The van der Waals surface area contributed by atoms with Gasteiger partial charge in [-0.2, -0.15) is 0 Å². The summed E-state index contributed by atoms with van der Waals surface area (Å²) in [6.07, 6.45) is 0.676. The summed E-state index contributed by atoms with van der Waals surface area (Å²) in [5.41, 5.74) is 6.05. The first-order chi connectivity index (χ1) is 8.40. The number of amides is 1. The minimum absolute atomic E-state index is 0.0571. The Morgan fingerprint density at radius 2 is 2.00 bits per heavy atom. The van der Waals surface area contributed by atoms with Gasteiger partial charge in [-0.25, -0.2) is 0 Å². The summed E-state index contributed by atoms with van der Waals surface area (Å²) >= 11 is 5.01. The number of nitrogens with one attached hydrogen (secondary N) is 1. The van der Waals surface area contributed by atoms with Gasteiger partial charge in [0.05, 0.1) is 16.4 Å². The van der Waals surface area contributed by atoms with E-state index < -0.39 is 5.54 Å². The smallest absolute Gasteiger partial charge is 0.228 e. The molecule has 4 heteroatoms. The first kappa shape index (κ1) is 14.6. The third-order valence-electron chi connectivity index (χ3n) is 3.34. The van der Waals surface area contributed by atoms with E-state index in [0.717, 1.165) is 5.56 Å². The molecule has 0 spiro atoms. The van der Waals surface area contributed by atoms with Gasteiger partial charge in [-0.05, 0) is 25.8 Å². The average molecular weight is 264 g/mol. The van der Waals surface area contributed by atoms with Crippen molar-refractivity contribution in [2.45, 2.75) is 38.6 Å². The van der Waals surface area contributed by atoms with E-state index in [-0.39, 0.29) is 11.8 Å². The standard InChI is InChI=1S/C14H20N2OS/c1-4-14(3,13(15)18)16-12(17)10(2)11-8-6-5-7-9-11/h5-10H,4H2,1-3H3,(H2,15,18)(H,16,17). The molecule has 0 fully saturated rings. The lowest BCUT2D eigenvalue weighted by atomic mass is 9.95. The molecule has 0 heterocycles. The zero-order valence-electron chi connectivity index (χ0n) is 11.1. The van der Waals surface area contributed by atoms with Crippen molar-refractivity contribution in [2.75, 3.05) is 0 Å². The molecule has 0 aliphatic heterocycles. The van der Waals surface area contributed by atoms with Crippen molar-refractivity contribution in [3.8, 4) is 0 Å². The second kappa shape index (κ2) is 5.96. The van der Waals surface area contributed by atoms with Gasteiger partial charge in [-0.3, -0.25) is 4.79 Å². The highest BCUT2D eigenvalue weighted by atomic mass is 32.1. The second-order valence-corrected chi connectivity index (χ2v) is 5.11. The number of rotatable bonds is 5. The Bertz CT molecular complexity index is 433. The van der Waals surface area contributed by atoms with Crippen LogP contribution in [0.15, 0.2) is 30.3 Å². The van der Waals surface area contributed by atoms with Gasteiger partial charge in [0.1, 0.15) is 0 Å². The van der Waals surface area contributed by atoms with E-state index in [2.05, 4.69) is 5.32 Å². The fraction of sp³-hybridized carbons (Fsp3) is 0.429. The Kier molecular flexibility index (Phi) is 4.84. The fourth-order valence-corrected chi connectivity index (χ4v) is 1.79. The van der Waals surface area contributed by atoms with Gasteiger partial charge in [0, 0.05) is 0 Å². The van der Waals surface area contributed by atoms with Crippen molar-refractivity contribution < 1.29 is 4.79 Å². The van der Waals surface area contributed by atoms with Crippen LogP contribution in [0.25, 0.3) is 0 Å². The molecule has 18 heavy (non-hydrogen) atoms. The largest absolute Gasteiger partial charge is 0.391 e. The topological polar surface area (TPSA) is 55.1 Å². The van der Waals surface area contributed by atoms with Crippen molar-refractivity contribution in [1.82, 2.24) is 5.32 Å². The van der Waals surface area contributed by atoms with Crippen LogP contribution >= 0.6 is 12.2 Å². The Morgan fingerprint density at radius 3 is 2.44 bits per heavy atom. The van der Waals surface area contributed by atoms with Crippen LogP contribution in [0.2, 0.25) is 0 Å². The molecule has 0 bridgehead atoms. The van der Waals surface area contributed by atoms with Gasteiger partial charge in [-0.15, -0.1) is 0 Å². The van der Waals surface area contributed by atoms with Crippen LogP contribution in [-0.2, 0) is 4.79 Å². The third-order valence-corrected chi connectivity index (χ3v) is 3.79. The molecule has 0 saturated carbocycles. The van der Waals surface area contributed by atoms with Crippen LogP contribution in [0.5, 0.6) is 0 Å². The van der Waals surface area contributed by atoms with Crippen LogP contribution in [0.1, 0.15) is 38.7 Å². The SMILES string of the molecule is CCC(C)(NC(=O)C(C)c1ccccc1)C(N)=S. The number of carbonyl (C=O) groups is 1. The number of nitrogens with two attached hydrogens (primary N) is 1. The van der Waals surface area contributed by atoms with Crippen molar-refractivity contribution in [2.24, 2.45) is 5.73 Å². The van der Waals surface area contributed by atoms with E-state index in [1.54, 1.807) is 0 Å². The van der Waals surface area contributed by atoms with Gasteiger partial charge in [-0.1, -0.05) is 49.5 Å². The van der Waals surface area contributed by atoms with Gasteiger partial charge in [0.15, 0.2) is 0 Å². The minimum Gasteiger partial charge on any atom is -0.391 e. The normalized spacial score (nSPS) is 15.5. The summed E-state index contributed by atoms with van der Waals surface area (Å²) in [5.74, 6) is -0.273. The van der Waals surface area contributed by atoms with Gasteiger partial charge < -0.3 is 11.1 Å². The van der Waals surface area contributed by atoms with Crippen molar-refractivity contribution in [3.05, 3.63) is 35.9 Å². The Hall–Kier alpha value is -1.42. The lowest BCUT2D eigenvalue weighted by Gasteiger charge is -2.29. The lowest BCUT2D eigenvalue weighted by Crippen LogP contribution is -2.54. The fourth-order valence-electron chi connectivity index (χ4n) is 1.60. The van der Waals surface area contributed by atoms with Gasteiger partial charge >= 0.3 is 0 Å². The molecule has 1 aromatic carbocycles. The van der Waals surface area contributed by atoms with Crippen molar-refractivity contribution in [1.29, 1.82) is 0 Å². The monoisotopic (exact) mass is 264 g/mol. The molecule has 1 aromatic rings. The molecule has 0 aromatic heterocycles. The third kappa shape index (κ3) is 3.29. The number of carbonyl (C=O) groups excluding carboxylic acids is 1.